The highest BCUT2D eigenvalue weighted by Gasteiger charge is 2.29. The van der Waals surface area contributed by atoms with Crippen molar-refractivity contribution in [3.8, 4) is 10.6 Å². The first kappa shape index (κ1) is 18.6. The van der Waals surface area contributed by atoms with Gasteiger partial charge in [-0.1, -0.05) is 24.3 Å². The molecule has 0 aliphatic carbocycles. The first-order chi connectivity index (χ1) is 13.2. The van der Waals surface area contributed by atoms with Crippen LogP contribution in [0.25, 0.3) is 10.6 Å². The van der Waals surface area contributed by atoms with Crippen LogP contribution in [0.3, 0.4) is 0 Å². The van der Waals surface area contributed by atoms with Gasteiger partial charge in [-0.05, 0) is 38.4 Å². The van der Waals surface area contributed by atoms with E-state index in [1.807, 2.05) is 11.1 Å². The molecule has 4 rings (SSSR count). The summed E-state index contributed by atoms with van der Waals surface area (Å²) < 4.78 is 5.36. The molecule has 27 heavy (non-hydrogen) atoms. The van der Waals surface area contributed by atoms with E-state index in [0.29, 0.717) is 19.1 Å². The summed E-state index contributed by atoms with van der Waals surface area (Å²) in [5.74, 6) is 0.515. The van der Waals surface area contributed by atoms with Crippen LogP contribution in [0.2, 0.25) is 0 Å². The highest BCUT2D eigenvalue weighted by molar-refractivity contribution is 7.15. The summed E-state index contributed by atoms with van der Waals surface area (Å²) in [6, 6.07) is 8.41. The third-order valence-corrected chi connectivity index (χ3v) is 6.58. The number of carbonyl (C=O) groups is 1. The van der Waals surface area contributed by atoms with Gasteiger partial charge in [0.15, 0.2) is 0 Å². The summed E-state index contributed by atoms with van der Waals surface area (Å²) >= 11 is 1.78. The second-order valence-corrected chi connectivity index (χ2v) is 8.55. The Morgan fingerprint density at radius 3 is 2.67 bits per heavy atom. The molecule has 5 nitrogen and oxygen atoms in total. The van der Waals surface area contributed by atoms with Crippen LogP contribution >= 0.6 is 11.3 Å². The maximum atomic E-state index is 12.7. The largest absolute Gasteiger partial charge is 0.378 e. The molecule has 6 heteroatoms. The van der Waals surface area contributed by atoms with E-state index >= 15 is 0 Å². The smallest absolute Gasteiger partial charge is 0.225 e. The van der Waals surface area contributed by atoms with Crippen molar-refractivity contribution < 1.29 is 9.53 Å². The Balaban J connectivity index is 1.31. The maximum absolute atomic E-state index is 12.7. The molecule has 0 saturated carbocycles. The van der Waals surface area contributed by atoms with E-state index < -0.39 is 0 Å². The maximum Gasteiger partial charge on any atom is 0.225 e. The molecule has 2 aromatic rings. The number of hydrogen-bond acceptors (Lipinski definition) is 5. The summed E-state index contributed by atoms with van der Waals surface area (Å²) in [5.41, 5.74) is 2.49. The van der Waals surface area contributed by atoms with Crippen molar-refractivity contribution in [2.75, 3.05) is 39.4 Å². The van der Waals surface area contributed by atoms with E-state index in [4.69, 9.17) is 4.74 Å². The Labute approximate surface area is 165 Å². The van der Waals surface area contributed by atoms with Crippen molar-refractivity contribution in [2.45, 2.75) is 26.3 Å². The third-order valence-electron chi connectivity index (χ3n) is 5.57. The van der Waals surface area contributed by atoms with Crippen LogP contribution in [0.4, 0.5) is 0 Å². The lowest BCUT2D eigenvalue weighted by Gasteiger charge is -2.35. The number of thiazole rings is 1. The van der Waals surface area contributed by atoms with Crippen LogP contribution in [-0.2, 0) is 16.1 Å². The SMILES string of the molecule is Cc1ccccc1-c1ncc(CN2CCC(C(=O)N3CCOCC3)CC2)s1. The molecule has 0 radical (unpaired) electrons. The molecule has 1 amide bonds. The van der Waals surface area contributed by atoms with Crippen molar-refractivity contribution in [3.05, 3.63) is 40.9 Å². The number of hydrogen-bond donors (Lipinski definition) is 0. The first-order valence-corrected chi connectivity index (χ1v) is 10.6. The van der Waals surface area contributed by atoms with E-state index in [2.05, 4.69) is 41.1 Å². The van der Waals surface area contributed by atoms with E-state index in [-0.39, 0.29) is 5.92 Å². The number of aromatic nitrogens is 1. The molecular formula is C21H27N3O2S. The van der Waals surface area contributed by atoms with Gasteiger partial charge in [0.2, 0.25) is 5.91 Å². The van der Waals surface area contributed by atoms with Gasteiger partial charge in [0, 0.05) is 42.2 Å². The van der Waals surface area contributed by atoms with Crippen LogP contribution in [-0.4, -0.2) is 60.1 Å². The summed E-state index contributed by atoms with van der Waals surface area (Å²) in [5, 5.41) is 1.10. The molecule has 0 bridgehead atoms. The molecule has 144 valence electrons. The molecule has 0 unspecified atom stereocenters. The Bertz CT molecular complexity index is 777. The van der Waals surface area contributed by atoms with Gasteiger partial charge in [-0.25, -0.2) is 4.98 Å². The number of likely N-dealkylation sites (tertiary alicyclic amines) is 1. The summed E-state index contributed by atoms with van der Waals surface area (Å²) in [6.07, 6.45) is 3.93. The van der Waals surface area contributed by atoms with Gasteiger partial charge in [-0.15, -0.1) is 11.3 Å². The van der Waals surface area contributed by atoms with E-state index in [1.165, 1.54) is 16.0 Å². The highest BCUT2D eigenvalue weighted by atomic mass is 32.1. The van der Waals surface area contributed by atoms with Gasteiger partial charge in [0.25, 0.3) is 0 Å². The normalized spacial score (nSPS) is 19.4. The van der Waals surface area contributed by atoms with Crippen LogP contribution in [0.5, 0.6) is 0 Å². The Kier molecular flexibility index (Phi) is 5.86. The molecule has 2 saturated heterocycles. The predicted molar refractivity (Wildman–Crippen MR) is 108 cm³/mol. The number of benzene rings is 1. The van der Waals surface area contributed by atoms with Crippen molar-refractivity contribution in [1.29, 1.82) is 0 Å². The van der Waals surface area contributed by atoms with E-state index in [0.717, 1.165) is 50.6 Å². The highest BCUT2D eigenvalue weighted by Crippen LogP contribution is 2.29. The predicted octanol–water partition coefficient (Wildman–Crippen LogP) is 3.19. The topological polar surface area (TPSA) is 45.7 Å². The molecule has 1 aromatic carbocycles. The minimum atomic E-state index is 0.184. The number of nitrogens with zero attached hydrogens (tertiary/aromatic N) is 3. The lowest BCUT2D eigenvalue weighted by atomic mass is 9.95. The second-order valence-electron chi connectivity index (χ2n) is 7.43. The van der Waals surface area contributed by atoms with Crippen molar-refractivity contribution in [3.63, 3.8) is 0 Å². The molecular weight excluding hydrogens is 358 g/mol. The molecule has 2 aliphatic heterocycles. The molecule has 2 aliphatic rings. The lowest BCUT2D eigenvalue weighted by Crippen LogP contribution is -2.46. The number of amides is 1. The fourth-order valence-corrected chi connectivity index (χ4v) is 4.96. The van der Waals surface area contributed by atoms with Gasteiger partial charge >= 0.3 is 0 Å². The van der Waals surface area contributed by atoms with Crippen LogP contribution < -0.4 is 0 Å². The van der Waals surface area contributed by atoms with Crippen LogP contribution in [0.1, 0.15) is 23.3 Å². The average molecular weight is 386 g/mol. The van der Waals surface area contributed by atoms with Gasteiger partial charge in [-0.2, -0.15) is 0 Å². The lowest BCUT2D eigenvalue weighted by molar-refractivity contribution is -0.141. The Morgan fingerprint density at radius 1 is 1.19 bits per heavy atom. The zero-order valence-electron chi connectivity index (χ0n) is 15.9. The first-order valence-electron chi connectivity index (χ1n) is 9.80. The average Bonchev–Trinajstić information content (AvgIpc) is 3.17. The Morgan fingerprint density at radius 2 is 1.93 bits per heavy atom. The number of aryl methyl sites for hydroxylation is 1. The molecule has 1 aromatic heterocycles. The van der Waals surface area contributed by atoms with Crippen molar-refractivity contribution in [2.24, 2.45) is 5.92 Å². The minimum absolute atomic E-state index is 0.184. The number of ether oxygens (including phenoxy) is 1. The van der Waals surface area contributed by atoms with Gasteiger partial charge in [0.1, 0.15) is 5.01 Å². The molecule has 0 atom stereocenters. The zero-order valence-corrected chi connectivity index (χ0v) is 16.7. The van der Waals surface area contributed by atoms with Gasteiger partial charge < -0.3 is 9.64 Å². The van der Waals surface area contributed by atoms with E-state index in [9.17, 15) is 4.79 Å². The number of carbonyl (C=O) groups excluding carboxylic acids is 1. The van der Waals surface area contributed by atoms with Crippen LogP contribution in [0, 0.1) is 12.8 Å². The molecule has 3 heterocycles. The number of morpholine rings is 1. The fraction of sp³-hybridized carbons (Fsp3) is 0.524. The van der Waals surface area contributed by atoms with Gasteiger partial charge in [0.05, 0.1) is 13.2 Å². The van der Waals surface area contributed by atoms with Crippen molar-refractivity contribution in [1.82, 2.24) is 14.8 Å². The quantitative estimate of drug-likeness (QED) is 0.811. The fourth-order valence-electron chi connectivity index (χ4n) is 3.92. The van der Waals surface area contributed by atoms with Crippen LogP contribution in [0.15, 0.2) is 30.5 Å². The summed E-state index contributed by atoms with van der Waals surface area (Å²) in [7, 11) is 0. The Hall–Kier alpha value is -1.76. The van der Waals surface area contributed by atoms with E-state index in [1.54, 1.807) is 11.3 Å². The summed E-state index contributed by atoms with van der Waals surface area (Å²) in [4.78, 5) is 23.0. The third kappa shape index (κ3) is 4.39. The number of piperidine rings is 1. The molecule has 0 N–H and O–H groups in total. The molecule has 0 spiro atoms. The second kappa shape index (κ2) is 8.50. The van der Waals surface area contributed by atoms with Crippen molar-refractivity contribution >= 4 is 17.2 Å². The van der Waals surface area contributed by atoms with Gasteiger partial charge in [-0.3, -0.25) is 9.69 Å². The zero-order chi connectivity index (χ0) is 18.6. The minimum Gasteiger partial charge on any atom is -0.378 e. The molecule has 2 fully saturated rings. The standard InChI is InChI=1S/C21H27N3O2S/c1-16-4-2-3-5-19(16)20-22-14-18(27-20)15-23-8-6-17(7-9-23)21(25)24-10-12-26-13-11-24/h2-5,14,17H,6-13,15H2,1H3. The number of rotatable bonds is 4. The summed E-state index contributed by atoms with van der Waals surface area (Å²) in [6.45, 7) is 7.90. The monoisotopic (exact) mass is 385 g/mol.